The molecule has 0 bridgehead atoms. The lowest BCUT2D eigenvalue weighted by Crippen LogP contribution is -2.41. The molecule has 0 aromatic rings. The molecule has 3 unspecified atom stereocenters. The minimum atomic E-state index is -4.11. The van der Waals surface area contributed by atoms with Gasteiger partial charge in [0.15, 0.2) is 0 Å². The average Bonchev–Trinajstić information content (AvgIpc) is 2.48. The van der Waals surface area contributed by atoms with Gasteiger partial charge in [-0.2, -0.15) is 13.2 Å². The van der Waals surface area contributed by atoms with E-state index in [-0.39, 0.29) is 18.6 Å². The van der Waals surface area contributed by atoms with Crippen molar-refractivity contribution in [1.82, 2.24) is 5.32 Å². The number of nitrogens with one attached hydrogen (secondary N) is 1. The summed E-state index contributed by atoms with van der Waals surface area (Å²) in [6, 6.07) is -0.519. The van der Waals surface area contributed by atoms with Crippen LogP contribution in [-0.2, 0) is 0 Å². The molecule has 1 fully saturated rings. The lowest BCUT2D eigenvalue weighted by atomic mass is 10.0. The van der Waals surface area contributed by atoms with E-state index in [1.165, 1.54) is 0 Å². The van der Waals surface area contributed by atoms with Crippen LogP contribution in [0.5, 0.6) is 0 Å². The molecule has 0 spiro atoms. The fraction of sp³-hybridized carbons (Fsp3) is 1.00. The van der Waals surface area contributed by atoms with E-state index < -0.39 is 18.6 Å². The molecule has 2 N–H and O–H groups in total. The van der Waals surface area contributed by atoms with Crippen LogP contribution in [0.25, 0.3) is 0 Å². The van der Waals surface area contributed by atoms with Gasteiger partial charge in [0.2, 0.25) is 0 Å². The van der Waals surface area contributed by atoms with E-state index in [4.69, 9.17) is 5.11 Å². The van der Waals surface area contributed by atoms with Gasteiger partial charge in [-0.3, -0.25) is 0 Å². The lowest BCUT2D eigenvalue weighted by Gasteiger charge is -2.24. The smallest absolute Gasteiger partial charge is 0.390 e. The van der Waals surface area contributed by atoms with Gasteiger partial charge in [0.05, 0.1) is 6.42 Å². The molecule has 5 heteroatoms. The van der Waals surface area contributed by atoms with Crippen LogP contribution in [-0.4, -0.2) is 30.0 Å². The van der Waals surface area contributed by atoms with Crippen LogP contribution in [0, 0.1) is 5.92 Å². The summed E-state index contributed by atoms with van der Waals surface area (Å²) in [5, 5.41) is 12.0. The van der Waals surface area contributed by atoms with Crippen molar-refractivity contribution in [3.63, 3.8) is 0 Å². The summed E-state index contributed by atoms with van der Waals surface area (Å²) in [6.07, 6.45) is -2.15. The average molecular weight is 225 g/mol. The highest BCUT2D eigenvalue weighted by molar-refractivity contribution is 4.84. The third-order valence-corrected chi connectivity index (χ3v) is 2.93. The first-order valence-electron chi connectivity index (χ1n) is 5.36. The summed E-state index contributed by atoms with van der Waals surface area (Å²) in [6.45, 7) is 1.61. The van der Waals surface area contributed by atoms with Gasteiger partial charge in [0.1, 0.15) is 0 Å². The Morgan fingerprint density at radius 3 is 2.60 bits per heavy atom. The predicted molar refractivity (Wildman–Crippen MR) is 51.5 cm³/mol. The van der Waals surface area contributed by atoms with Crippen molar-refractivity contribution in [2.24, 2.45) is 5.92 Å². The van der Waals surface area contributed by atoms with Crippen molar-refractivity contribution in [3.8, 4) is 0 Å². The molecular weight excluding hydrogens is 207 g/mol. The van der Waals surface area contributed by atoms with E-state index >= 15 is 0 Å². The topological polar surface area (TPSA) is 32.3 Å². The van der Waals surface area contributed by atoms with Crippen LogP contribution in [0.4, 0.5) is 13.2 Å². The lowest BCUT2D eigenvalue weighted by molar-refractivity contribution is -0.139. The molecule has 90 valence electrons. The molecule has 0 heterocycles. The quantitative estimate of drug-likeness (QED) is 0.767. The molecule has 0 radical (unpaired) electrons. The minimum Gasteiger partial charge on any atom is -0.396 e. The largest absolute Gasteiger partial charge is 0.396 e. The van der Waals surface area contributed by atoms with E-state index in [0.717, 1.165) is 19.3 Å². The number of alkyl halides is 3. The Labute approximate surface area is 87.9 Å². The fourth-order valence-electron chi connectivity index (χ4n) is 2.25. The number of rotatable bonds is 4. The summed E-state index contributed by atoms with van der Waals surface area (Å²) >= 11 is 0. The second kappa shape index (κ2) is 5.16. The van der Waals surface area contributed by atoms with E-state index in [9.17, 15) is 13.2 Å². The third-order valence-electron chi connectivity index (χ3n) is 2.93. The maximum atomic E-state index is 12.1. The number of halogens is 3. The highest BCUT2D eigenvalue weighted by Crippen LogP contribution is 2.27. The van der Waals surface area contributed by atoms with Crippen LogP contribution < -0.4 is 5.32 Å². The first-order chi connectivity index (χ1) is 6.92. The number of hydrogen-bond donors (Lipinski definition) is 2. The molecule has 0 aliphatic heterocycles. The van der Waals surface area contributed by atoms with Gasteiger partial charge in [-0.15, -0.1) is 0 Å². The molecule has 0 saturated heterocycles. The molecule has 2 nitrogen and oxygen atoms in total. The van der Waals surface area contributed by atoms with Crippen LogP contribution in [0.3, 0.4) is 0 Å². The van der Waals surface area contributed by atoms with Crippen molar-refractivity contribution >= 4 is 0 Å². The molecular formula is C10H18F3NO. The Hall–Kier alpha value is -0.290. The van der Waals surface area contributed by atoms with E-state index in [0.29, 0.717) is 0 Å². The van der Waals surface area contributed by atoms with Gasteiger partial charge in [0.25, 0.3) is 0 Å². The molecule has 1 rings (SSSR count). The minimum absolute atomic E-state index is 0.0485. The molecule has 0 aromatic heterocycles. The van der Waals surface area contributed by atoms with Crippen molar-refractivity contribution in [2.75, 3.05) is 6.61 Å². The van der Waals surface area contributed by atoms with Crippen LogP contribution in [0.15, 0.2) is 0 Å². The van der Waals surface area contributed by atoms with E-state index in [2.05, 4.69) is 5.32 Å². The highest BCUT2D eigenvalue weighted by Gasteiger charge is 2.33. The van der Waals surface area contributed by atoms with Gasteiger partial charge in [-0.05, 0) is 25.7 Å². The van der Waals surface area contributed by atoms with Gasteiger partial charge in [-0.1, -0.05) is 6.42 Å². The number of aliphatic hydroxyl groups is 1. The fourth-order valence-corrected chi connectivity index (χ4v) is 2.25. The third kappa shape index (κ3) is 4.38. The van der Waals surface area contributed by atoms with E-state index in [1.807, 2.05) is 0 Å². The van der Waals surface area contributed by atoms with Gasteiger partial charge in [0, 0.05) is 18.7 Å². The molecule has 1 saturated carbocycles. The van der Waals surface area contributed by atoms with Crippen molar-refractivity contribution in [3.05, 3.63) is 0 Å². The number of hydrogen-bond acceptors (Lipinski definition) is 2. The Bertz CT molecular complexity index is 196. The Kier molecular flexibility index (Phi) is 4.40. The van der Waals surface area contributed by atoms with Crippen LogP contribution >= 0.6 is 0 Å². The standard InChI is InChI=1S/C10H18F3NO/c1-7(5-10(11,12)13)14-9-4-2-3-8(9)6-15/h7-9,14-15H,2-6H2,1H3. The monoisotopic (exact) mass is 225 g/mol. The zero-order chi connectivity index (χ0) is 11.5. The van der Waals surface area contributed by atoms with Crippen LogP contribution in [0.2, 0.25) is 0 Å². The molecule has 0 amide bonds. The molecule has 1 aliphatic rings. The summed E-state index contributed by atoms with van der Waals surface area (Å²) in [5.74, 6) is 0.126. The normalized spacial score (nSPS) is 29.4. The second-order valence-corrected chi connectivity index (χ2v) is 4.37. The predicted octanol–water partition coefficient (Wildman–Crippen LogP) is 2.08. The highest BCUT2D eigenvalue weighted by atomic mass is 19.4. The van der Waals surface area contributed by atoms with Crippen molar-refractivity contribution in [2.45, 2.75) is 50.9 Å². The first-order valence-corrected chi connectivity index (χ1v) is 5.36. The number of aliphatic hydroxyl groups excluding tert-OH is 1. The second-order valence-electron chi connectivity index (χ2n) is 4.37. The molecule has 1 aliphatic carbocycles. The van der Waals surface area contributed by atoms with Crippen molar-refractivity contribution < 1.29 is 18.3 Å². The first kappa shape index (κ1) is 12.8. The Morgan fingerprint density at radius 1 is 1.40 bits per heavy atom. The summed E-state index contributed by atoms with van der Waals surface area (Å²) in [7, 11) is 0. The zero-order valence-corrected chi connectivity index (χ0v) is 8.85. The zero-order valence-electron chi connectivity index (χ0n) is 8.85. The van der Waals surface area contributed by atoms with Gasteiger partial charge in [-0.25, -0.2) is 0 Å². The summed E-state index contributed by atoms with van der Waals surface area (Å²) in [4.78, 5) is 0. The maximum Gasteiger partial charge on any atom is 0.390 e. The summed E-state index contributed by atoms with van der Waals surface area (Å²) < 4.78 is 36.2. The van der Waals surface area contributed by atoms with Gasteiger partial charge >= 0.3 is 6.18 Å². The van der Waals surface area contributed by atoms with Crippen LogP contribution in [0.1, 0.15) is 32.6 Å². The van der Waals surface area contributed by atoms with E-state index in [1.54, 1.807) is 6.92 Å². The summed E-state index contributed by atoms with van der Waals surface area (Å²) in [5.41, 5.74) is 0. The SMILES string of the molecule is CC(CC(F)(F)F)NC1CCCC1CO. The molecule has 15 heavy (non-hydrogen) atoms. The maximum absolute atomic E-state index is 12.1. The van der Waals surface area contributed by atoms with Crippen molar-refractivity contribution in [1.29, 1.82) is 0 Å². The molecule has 0 aromatic carbocycles. The van der Waals surface area contributed by atoms with Gasteiger partial charge < -0.3 is 10.4 Å². The molecule has 3 atom stereocenters. The Morgan fingerprint density at radius 2 is 2.07 bits per heavy atom. The Balaban J connectivity index is 2.34.